The highest BCUT2D eigenvalue weighted by atomic mass is 79.9. The van der Waals surface area contributed by atoms with Gasteiger partial charge in [-0.15, -0.1) is 0 Å². The van der Waals surface area contributed by atoms with Gasteiger partial charge in [-0.1, -0.05) is 22.4 Å². The first kappa shape index (κ1) is 15.5. The third-order valence-electron chi connectivity index (χ3n) is 3.89. The molecule has 1 atom stereocenters. The maximum atomic E-state index is 12.1. The quantitative estimate of drug-likeness (QED) is 0.873. The van der Waals surface area contributed by atoms with Gasteiger partial charge in [-0.25, -0.2) is 0 Å². The van der Waals surface area contributed by atoms with Gasteiger partial charge in [0.05, 0.1) is 0 Å². The largest absolute Gasteiger partial charge is 0.326 e. The molecule has 0 aliphatic carbocycles. The molecule has 0 radical (unpaired) electrons. The summed E-state index contributed by atoms with van der Waals surface area (Å²) >= 11 is 3.48. The predicted octanol–water partition coefficient (Wildman–Crippen LogP) is 3.93. The average molecular weight is 339 g/mol. The summed E-state index contributed by atoms with van der Waals surface area (Å²) in [6, 6.07) is 4.58. The van der Waals surface area contributed by atoms with Gasteiger partial charge < -0.3 is 10.6 Å². The Bertz CT molecular complexity index is 458. The Labute approximate surface area is 129 Å². The second-order valence-corrected chi connectivity index (χ2v) is 6.56. The number of amides is 1. The maximum Gasteiger partial charge on any atom is 0.224 e. The van der Waals surface area contributed by atoms with E-state index in [1.54, 1.807) is 0 Å². The Hall–Kier alpha value is -0.870. The number of aryl methyl sites for hydroxylation is 2. The lowest BCUT2D eigenvalue weighted by Crippen LogP contribution is -2.34. The summed E-state index contributed by atoms with van der Waals surface area (Å²) in [5.41, 5.74) is 3.15. The zero-order valence-electron chi connectivity index (χ0n) is 12.3. The molecule has 0 spiro atoms. The lowest BCUT2D eigenvalue weighted by molar-refractivity contribution is -0.116. The zero-order chi connectivity index (χ0) is 14.5. The van der Waals surface area contributed by atoms with E-state index in [-0.39, 0.29) is 5.91 Å². The summed E-state index contributed by atoms with van der Waals surface area (Å²) in [5, 5.41) is 6.54. The Balaban J connectivity index is 1.88. The number of benzene rings is 1. The summed E-state index contributed by atoms with van der Waals surface area (Å²) in [4.78, 5) is 12.1. The third-order valence-corrected chi connectivity index (χ3v) is 4.35. The molecule has 1 unspecified atom stereocenters. The molecule has 1 aromatic carbocycles. The van der Waals surface area contributed by atoms with Gasteiger partial charge in [0.25, 0.3) is 0 Å². The van der Waals surface area contributed by atoms with Gasteiger partial charge in [0.2, 0.25) is 5.91 Å². The van der Waals surface area contributed by atoms with E-state index in [4.69, 9.17) is 0 Å². The molecule has 0 bridgehead atoms. The lowest BCUT2D eigenvalue weighted by Gasteiger charge is -2.23. The van der Waals surface area contributed by atoms with Crippen molar-refractivity contribution in [2.45, 2.75) is 52.0 Å². The molecule has 1 saturated heterocycles. The summed E-state index contributed by atoms with van der Waals surface area (Å²) in [5.74, 6) is 0.117. The highest BCUT2D eigenvalue weighted by Gasteiger charge is 2.15. The minimum Gasteiger partial charge on any atom is -0.326 e. The number of anilines is 1. The van der Waals surface area contributed by atoms with Crippen LogP contribution in [0.2, 0.25) is 0 Å². The van der Waals surface area contributed by atoms with Crippen molar-refractivity contribution in [2.24, 2.45) is 0 Å². The van der Waals surface area contributed by atoms with Gasteiger partial charge >= 0.3 is 0 Å². The first-order chi connectivity index (χ1) is 9.56. The lowest BCUT2D eigenvalue weighted by atomic mass is 10.0. The number of halogens is 1. The number of hydrogen-bond acceptors (Lipinski definition) is 2. The number of carbonyl (C=O) groups is 1. The van der Waals surface area contributed by atoms with E-state index in [2.05, 4.69) is 26.6 Å². The van der Waals surface area contributed by atoms with Crippen LogP contribution in [-0.2, 0) is 4.79 Å². The average Bonchev–Trinajstić information content (AvgIpc) is 2.42. The van der Waals surface area contributed by atoms with E-state index in [0.29, 0.717) is 12.5 Å². The molecule has 20 heavy (non-hydrogen) atoms. The van der Waals surface area contributed by atoms with Crippen LogP contribution in [0.15, 0.2) is 16.6 Å². The molecule has 1 aliphatic heterocycles. The van der Waals surface area contributed by atoms with Crippen molar-refractivity contribution in [3.63, 3.8) is 0 Å². The Morgan fingerprint density at radius 1 is 1.35 bits per heavy atom. The van der Waals surface area contributed by atoms with Crippen molar-refractivity contribution in [3.05, 3.63) is 27.7 Å². The van der Waals surface area contributed by atoms with Crippen LogP contribution >= 0.6 is 15.9 Å². The van der Waals surface area contributed by atoms with Crippen LogP contribution < -0.4 is 10.6 Å². The van der Waals surface area contributed by atoms with E-state index in [9.17, 15) is 4.79 Å². The summed E-state index contributed by atoms with van der Waals surface area (Å²) < 4.78 is 1.05. The molecule has 3 nitrogen and oxygen atoms in total. The summed E-state index contributed by atoms with van der Waals surface area (Å²) in [7, 11) is 0. The highest BCUT2D eigenvalue weighted by molar-refractivity contribution is 9.10. The van der Waals surface area contributed by atoms with Crippen molar-refractivity contribution < 1.29 is 4.79 Å². The molecule has 0 aromatic heterocycles. The minimum atomic E-state index is 0.117. The van der Waals surface area contributed by atoms with E-state index in [1.807, 2.05) is 26.0 Å². The molecule has 0 saturated carbocycles. The van der Waals surface area contributed by atoms with Crippen LogP contribution in [0.5, 0.6) is 0 Å². The van der Waals surface area contributed by atoms with Gasteiger partial charge in [-0.3, -0.25) is 4.79 Å². The van der Waals surface area contributed by atoms with Crippen molar-refractivity contribution in [1.29, 1.82) is 0 Å². The Morgan fingerprint density at radius 2 is 2.05 bits per heavy atom. The number of nitrogens with one attached hydrogen (secondary N) is 2. The van der Waals surface area contributed by atoms with Crippen LogP contribution in [0.25, 0.3) is 0 Å². The van der Waals surface area contributed by atoms with Crippen molar-refractivity contribution >= 4 is 27.5 Å². The highest BCUT2D eigenvalue weighted by Crippen LogP contribution is 2.25. The Morgan fingerprint density at radius 3 is 2.65 bits per heavy atom. The van der Waals surface area contributed by atoms with Crippen LogP contribution in [0.1, 0.15) is 43.2 Å². The topological polar surface area (TPSA) is 41.1 Å². The summed E-state index contributed by atoms with van der Waals surface area (Å²) in [6.45, 7) is 5.14. The monoisotopic (exact) mass is 338 g/mol. The summed E-state index contributed by atoms with van der Waals surface area (Å²) in [6.07, 6.45) is 5.26. The van der Waals surface area contributed by atoms with E-state index >= 15 is 0 Å². The standard InChI is InChI=1S/C16H23BrN2O/c1-11-9-13(17)10-12(2)16(11)19-15(20)7-6-14-5-3-4-8-18-14/h9-10,14,18H,3-8H2,1-2H3,(H,19,20). The predicted molar refractivity (Wildman–Crippen MR) is 87.1 cm³/mol. The van der Waals surface area contributed by atoms with E-state index in [1.165, 1.54) is 19.3 Å². The second kappa shape index (κ2) is 7.23. The fourth-order valence-electron chi connectivity index (χ4n) is 2.79. The van der Waals surface area contributed by atoms with E-state index in [0.717, 1.165) is 34.3 Å². The molecule has 1 amide bonds. The van der Waals surface area contributed by atoms with Gasteiger partial charge in [0, 0.05) is 22.6 Å². The van der Waals surface area contributed by atoms with E-state index < -0.39 is 0 Å². The van der Waals surface area contributed by atoms with Crippen LogP contribution in [0.4, 0.5) is 5.69 Å². The molecule has 1 heterocycles. The fourth-order valence-corrected chi connectivity index (χ4v) is 3.47. The molecule has 1 fully saturated rings. The third kappa shape index (κ3) is 4.32. The van der Waals surface area contributed by atoms with Crippen LogP contribution in [0.3, 0.4) is 0 Å². The first-order valence-corrected chi connectivity index (χ1v) is 8.15. The molecule has 1 aliphatic rings. The molecular weight excluding hydrogens is 316 g/mol. The zero-order valence-corrected chi connectivity index (χ0v) is 13.8. The molecule has 2 rings (SSSR count). The molecule has 1 aromatic rings. The molecule has 110 valence electrons. The van der Waals surface area contributed by atoms with Gasteiger partial charge in [0.1, 0.15) is 0 Å². The molecule has 2 N–H and O–H groups in total. The first-order valence-electron chi connectivity index (χ1n) is 7.36. The van der Waals surface area contributed by atoms with Gasteiger partial charge in [-0.2, -0.15) is 0 Å². The van der Waals surface area contributed by atoms with Gasteiger partial charge in [-0.05, 0) is 62.9 Å². The van der Waals surface area contributed by atoms with Crippen molar-refractivity contribution in [1.82, 2.24) is 5.32 Å². The normalized spacial score (nSPS) is 18.9. The maximum absolute atomic E-state index is 12.1. The second-order valence-electron chi connectivity index (χ2n) is 5.65. The van der Waals surface area contributed by atoms with Crippen molar-refractivity contribution in [2.75, 3.05) is 11.9 Å². The minimum absolute atomic E-state index is 0.117. The van der Waals surface area contributed by atoms with Crippen LogP contribution in [-0.4, -0.2) is 18.5 Å². The van der Waals surface area contributed by atoms with Crippen molar-refractivity contribution in [3.8, 4) is 0 Å². The number of piperidine rings is 1. The number of rotatable bonds is 4. The van der Waals surface area contributed by atoms with Crippen LogP contribution in [0, 0.1) is 13.8 Å². The van der Waals surface area contributed by atoms with Gasteiger partial charge in [0.15, 0.2) is 0 Å². The number of carbonyl (C=O) groups excluding carboxylic acids is 1. The molecular formula is C16H23BrN2O. The smallest absolute Gasteiger partial charge is 0.224 e. The Kier molecular flexibility index (Phi) is 5.61. The number of hydrogen-bond donors (Lipinski definition) is 2. The fraction of sp³-hybridized carbons (Fsp3) is 0.562. The molecule has 4 heteroatoms. The SMILES string of the molecule is Cc1cc(Br)cc(C)c1NC(=O)CCC1CCCCN1.